The van der Waals surface area contributed by atoms with Crippen molar-refractivity contribution in [2.24, 2.45) is 0 Å². The van der Waals surface area contributed by atoms with Crippen molar-refractivity contribution in [3.8, 4) is 0 Å². The molecule has 1 fully saturated rings. The van der Waals surface area contributed by atoms with Gasteiger partial charge in [-0.2, -0.15) is 0 Å². The molecule has 0 saturated carbocycles. The summed E-state index contributed by atoms with van der Waals surface area (Å²) >= 11 is 0. The number of benzene rings is 1. The van der Waals surface area contributed by atoms with E-state index in [9.17, 15) is 0 Å². The van der Waals surface area contributed by atoms with Crippen molar-refractivity contribution in [2.45, 2.75) is 38.6 Å². The van der Waals surface area contributed by atoms with Gasteiger partial charge in [0.15, 0.2) is 0 Å². The minimum Gasteiger partial charge on any atom is -0.369 e. The largest absolute Gasteiger partial charge is 0.369 e. The Kier molecular flexibility index (Phi) is 3.29. The predicted octanol–water partition coefficient (Wildman–Crippen LogP) is 2.71. The fraction of sp³-hybridized carbons (Fsp3) is 0.625. The number of hydrogen-bond donors (Lipinski definition) is 0. The van der Waals surface area contributed by atoms with Crippen LogP contribution >= 0.6 is 0 Å². The molecule has 0 spiro atoms. The summed E-state index contributed by atoms with van der Waals surface area (Å²) in [5.74, 6) is 0. The average molecular weight is 244 g/mol. The third-order valence-corrected chi connectivity index (χ3v) is 4.65. The van der Waals surface area contributed by atoms with E-state index in [-0.39, 0.29) is 0 Å². The lowest BCUT2D eigenvalue weighted by Gasteiger charge is -2.27. The lowest BCUT2D eigenvalue weighted by molar-refractivity contribution is 0.312. The summed E-state index contributed by atoms with van der Waals surface area (Å²) in [6.45, 7) is 5.95. The van der Waals surface area contributed by atoms with E-state index in [1.165, 1.54) is 50.1 Å². The van der Waals surface area contributed by atoms with Gasteiger partial charge in [-0.3, -0.25) is 0 Å². The van der Waals surface area contributed by atoms with Gasteiger partial charge in [0, 0.05) is 24.8 Å². The SMILES string of the molecule is CCc1ccc2c(c1)N(C[C@H]1CCCN1C)CC2. The highest BCUT2D eigenvalue weighted by atomic mass is 15.2. The topological polar surface area (TPSA) is 6.48 Å². The Labute approximate surface area is 111 Å². The quantitative estimate of drug-likeness (QED) is 0.806. The molecule has 2 nitrogen and oxygen atoms in total. The highest BCUT2D eigenvalue weighted by Crippen LogP contribution is 2.30. The first-order chi connectivity index (χ1) is 8.78. The Balaban J connectivity index is 1.76. The first-order valence-corrected chi connectivity index (χ1v) is 7.35. The Morgan fingerprint density at radius 3 is 2.89 bits per heavy atom. The van der Waals surface area contributed by atoms with Gasteiger partial charge in [0.05, 0.1) is 0 Å². The van der Waals surface area contributed by atoms with Crippen molar-refractivity contribution < 1.29 is 0 Å². The van der Waals surface area contributed by atoms with E-state index in [4.69, 9.17) is 0 Å². The standard InChI is InChI=1S/C16H24N2/c1-3-13-6-7-14-8-10-18(16(14)11-13)12-15-5-4-9-17(15)2/h6-7,11,15H,3-5,8-10,12H2,1-2H3/t15-/m1/s1. The Bertz CT molecular complexity index is 427. The molecule has 0 amide bonds. The molecule has 0 unspecified atom stereocenters. The van der Waals surface area contributed by atoms with Gasteiger partial charge >= 0.3 is 0 Å². The molecule has 1 saturated heterocycles. The van der Waals surface area contributed by atoms with Crippen LogP contribution in [0.5, 0.6) is 0 Å². The van der Waals surface area contributed by atoms with Crippen LogP contribution in [0.1, 0.15) is 30.9 Å². The number of anilines is 1. The van der Waals surface area contributed by atoms with Crippen LogP contribution in [0.3, 0.4) is 0 Å². The maximum atomic E-state index is 2.61. The second-order valence-corrected chi connectivity index (χ2v) is 5.79. The van der Waals surface area contributed by atoms with Gasteiger partial charge in [-0.05, 0) is 56.5 Å². The zero-order valence-corrected chi connectivity index (χ0v) is 11.7. The number of likely N-dealkylation sites (N-methyl/N-ethyl adjacent to an activating group) is 1. The van der Waals surface area contributed by atoms with Crippen LogP contribution in [0.15, 0.2) is 18.2 Å². The fourth-order valence-corrected chi connectivity index (χ4v) is 3.36. The summed E-state index contributed by atoms with van der Waals surface area (Å²) in [6.07, 6.45) is 5.12. The van der Waals surface area contributed by atoms with Crippen LogP contribution in [-0.4, -0.2) is 37.6 Å². The normalized spacial score (nSPS) is 23.7. The highest BCUT2D eigenvalue weighted by Gasteiger charge is 2.26. The van der Waals surface area contributed by atoms with Gasteiger partial charge in [0.25, 0.3) is 0 Å². The summed E-state index contributed by atoms with van der Waals surface area (Å²) < 4.78 is 0. The fourth-order valence-electron chi connectivity index (χ4n) is 3.36. The molecule has 0 N–H and O–H groups in total. The predicted molar refractivity (Wildman–Crippen MR) is 77.4 cm³/mol. The third-order valence-electron chi connectivity index (χ3n) is 4.65. The summed E-state index contributed by atoms with van der Waals surface area (Å²) in [4.78, 5) is 5.14. The molecule has 0 bridgehead atoms. The van der Waals surface area contributed by atoms with Crippen molar-refractivity contribution in [1.82, 2.24) is 4.90 Å². The van der Waals surface area contributed by atoms with E-state index in [1.807, 2.05) is 0 Å². The van der Waals surface area contributed by atoms with Gasteiger partial charge in [0.2, 0.25) is 0 Å². The molecule has 18 heavy (non-hydrogen) atoms. The molecular weight excluding hydrogens is 220 g/mol. The van der Waals surface area contributed by atoms with Crippen LogP contribution in [-0.2, 0) is 12.8 Å². The summed E-state index contributed by atoms with van der Waals surface area (Å²) in [5.41, 5.74) is 4.53. The van der Waals surface area contributed by atoms with Gasteiger partial charge < -0.3 is 9.80 Å². The van der Waals surface area contributed by atoms with E-state index in [2.05, 4.69) is 42.0 Å². The number of nitrogens with zero attached hydrogens (tertiary/aromatic N) is 2. The maximum Gasteiger partial charge on any atom is 0.0402 e. The van der Waals surface area contributed by atoms with Gasteiger partial charge in [-0.25, -0.2) is 0 Å². The second-order valence-electron chi connectivity index (χ2n) is 5.79. The van der Waals surface area contributed by atoms with Crippen molar-refractivity contribution in [1.29, 1.82) is 0 Å². The van der Waals surface area contributed by atoms with Crippen molar-refractivity contribution >= 4 is 5.69 Å². The molecule has 2 heteroatoms. The summed E-state index contributed by atoms with van der Waals surface area (Å²) in [6, 6.07) is 7.81. The number of hydrogen-bond acceptors (Lipinski definition) is 2. The minimum atomic E-state index is 0.765. The van der Waals surface area contributed by atoms with E-state index in [0.29, 0.717) is 0 Å². The van der Waals surface area contributed by atoms with Crippen molar-refractivity contribution in [3.05, 3.63) is 29.3 Å². The van der Waals surface area contributed by atoms with Crippen LogP contribution in [0, 0.1) is 0 Å². The minimum absolute atomic E-state index is 0.765. The lowest BCUT2D eigenvalue weighted by Crippen LogP contribution is -2.37. The maximum absolute atomic E-state index is 2.61. The van der Waals surface area contributed by atoms with Crippen molar-refractivity contribution in [3.63, 3.8) is 0 Å². The molecule has 0 aliphatic carbocycles. The van der Waals surface area contributed by atoms with E-state index in [1.54, 1.807) is 5.56 Å². The zero-order chi connectivity index (χ0) is 12.5. The second kappa shape index (κ2) is 4.93. The molecule has 1 aromatic carbocycles. The molecule has 2 aliphatic heterocycles. The first kappa shape index (κ1) is 12.0. The average Bonchev–Trinajstić information content (AvgIpc) is 2.97. The monoisotopic (exact) mass is 244 g/mol. The Morgan fingerprint density at radius 2 is 2.17 bits per heavy atom. The first-order valence-electron chi connectivity index (χ1n) is 7.35. The molecule has 1 atom stereocenters. The third kappa shape index (κ3) is 2.14. The Morgan fingerprint density at radius 1 is 1.28 bits per heavy atom. The number of rotatable bonds is 3. The van der Waals surface area contributed by atoms with Gasteiger partial charge in [-0.15, -0.1) is 0 Å². The lowest BCUT2D eigenvalue weighted by atomic mass is 10.1. The zero-order valence-electron chi connectivity index (χ0n) is 11.7. The number of aryl methyl sites for hydroxylation is 1. The number of fused-ring (bicyclic) bond motifs is 1. The van der Waals surface area contributed by atoms with Crippen LogP contribution in [0.2, 0.25) is 0 Å². The van der Waals surface area contributed by atoms with Crippen LogP contribution < -0.4 is 4.90 Å². The molecule has 2 heterocycles. The van der Waals surface area contributed by atoms with Crippen LogP contribution in [0.25, 0.3) is 0 Å². The highest BCUT2D eigenvalue weighted by molar-refractivity contribution is 5.59. The van der Waals surface area contributed by atoms with Gasteiger partial charge in [0.1, 0.15) is 0 Å². The molecule has 0 aromatic heterocycles. The molecule has 3 rings (SSSR count). The van der Waals surface area contributed by atoms with E-state index in [0.717, 1.165) is 12.5 Å². The molecule has 98 valence electrons. The molecular formula is C16H24N2. The van der Waals surface area contributed by atoms with Crippen molar-refractivity contribution in [2.75, 3.05) is 31.6 Å². The summed E-state index contributed by atoms with van der Waals surface area (Å²) in [5, 5.41) is 0. The van der Waals surface area contributed by atoms with Gasteiger partial charge in [-0.1, -0.05) is 19.1 Å². The molecule has 2 aliphatic rings. The van der Waals surface area contributed by atoms with E-state index >= 15 is 0 Å². The van der Waals surface area contributed by atoms with Crippen LogP contribution in [0.4, 0.5) is 5.69 Å². The van der Waals surface area contributed by atoms with E-state index < -0.39 is 0 Å². The smallest absolute Gasteiger partial charge is 0.0402 e. The summed E-state index contributed by atoms with van der Waals surface area (Å²) in [7, 11) is 2.27. The molecule has 1 aromatic rings. The number of likely N-dealkylation sites (tertiary alicyclic amines) is 1. The Hall–Kier alpha value is -1.02. The molecule has 0 radical (unpaired) electrons.